The number of fused-ring (bicyclic) bond motifs is 1. The summed E-state index contributed by atoms with van der Waals surface area (Å²) in [6.07, 6.45) is 17.0. The smallest absolute Gasteiger partial charge is 0.134 e. The maximum atomic E-state index is 15.4. The molecule has 0 spiro atoms. The highest BCUT2D eigenvalue weighted by Crippen LogP contribution is 2.45. The van der Waals surface area contributed by atoms with Crippen LogP contribution in [-0.2, 0) is 6.42 Å². The lowest BCUT2D eigenvalue weighted by Crippen LogP contribution is -2.25. The molecule has 1 heteroatoms. The largest absolute Gasteiger partial charge is 0.206 e. The molecule has 0 aliphatic heterocycles. The van der Waals surface area contributed by atoms with Crippen LogP contribution in [0.4, 0.5) is 4.39 Å². The first kappa shape index (κ1) is 21.8. The van der Waals surface area contributed by atoms with Crippen molar-refractivity contribution in [1.82, 2.24) is 0 Å². The maximum absolute atomic E-state index is 15.4. The second-order valence-corrected chi connectivity index (χ2v) is 10.3. The van der Waals surface area contributed by atoms with Gasteiger partial charge in [0.25, 0.3) is 0 Å². The lowest BCUT2D eigenvalue weighted by molar-refractivity contribution is 0.158. The Morgan fingerprint density at radius 1 is 0.800 bits per heavy atom. The van der Waals surface area contributed by atoms with E-state index in [1.807, 2.05) is 6.07 Å². The SMILES string of the molecule is CCCCCc1ccc2c(F)c(C3CCC(C4CCC(CC)CC4)CC3)ccc2c1. The van der Waals surface area contributed by atoms with Gasteiger partial charge in [0.05, 0.1) is 0 Å². The van der Waals surface area contributed by atoms with Crippen molar-refractivity contribution in [3.8, 4) is 0 Å². The minimum Gasteiger partial charge on any atom is -0.206 e. The first-order valence-electron chi connectivity index (χ1n) is 12.9. The summed E-state index contributed by atoms with van der Waals surface area (Å²) < 4.78 is 15.4. The van der Waals surface area contributed by atoms with Gasteiger partial charge in [0.1, 0.15) is 5.82 Å². The first-order valence-corrected chi connectivity index (χ1v) is 12.9. The van der Waals surface area contributed by atoms with Crippen molar-refractivity contribution in [1.29, 1.82) is 0 Å². The monoisotopic (exact) mass is 408 g/mol. The van der Waals surface area contributed by atoms with Crippen LogP contribution >= 0.6 is 0 Å². The molecule has 0 nitrogen and oxygen atoms in total. The molecule has 2 aliphatic rings. The van der Waals surface area contributed by atoms with E-state index in [4.69, 9.17) is 0 Å². The van der Waals surface area contributed by atoms with Gasteiger partial charge in [-0.2, -0.15) is 0 Å². The molecular formula is C29H41F. The summed E-state index contributed by atoms with van der Waals surface area (Å²) in [7, 11) is 0. The van der Waals surface area contributed by atoms with E-state index in [-0.39, 0.29) is 5.82 Å². The van der Waals surface area contributed by atoms with Crippen molar-refractivity contribution >= 4 is 10.8 Å². The first-order chi connectivity index (χ1) is 14.7. The second kappa shape index (κ2) is 10.3. The molecule has 2 aliphatic carbocycles. The van der Waals surface area contributed by atoms with E-state index < -0.39 is 0 Å². The number of aryl methyl sites for hydroxylation is 1. The second-order valence-electron chi connectivity index (χ2n) is 10.3. The van der Waals surface area contributed by atoms with E-state index in [0.717, 1.165) is 40.5 Å². The summed E-state index contributed by atoms with van der Waals surface area (Å²) in [6.45, 7) is 4.59. The third-order valence-corrected chi connectivity index (χ3v) is 8.46. The van der Waals surface area contributed by atoms with Gasteiger partial charge in [0, 0.05) is 5.39 Å². The lowest BCUT2D eigenvalue weighted by atomic mass is 9.68. The quantitative estimate of drug-likeness (QED) is 0.400. The molecule has 4 rings (SSSR count). The molecule has 164 valence electrons. The van der Waals surface area contributed by atoms with Crippen molar-refractivity contribution in [2.45, 2.75) is 103 Å². The number of benzene rings is 2. The summed E-state index contributed by atoms with van der Waals surface area (Å²) in [6, 6.07) is 10.7. The highest BCUT2D eigenvalue weighted by Gasteiger charge is 2.31. The Balaban J connectivity index is 1.39. The Labute approximate surface area is 183 Å². The van der Waals surface area contributed by atoms with Crippen LogP contribution in [0.3, 0.4) is 0 Å². The van der Waals surface area contributed by atoms with Crippen molar-refractivity contribution < 1.29 is 4.39 Å². The van der Waals surface area contributed by atoms with E-state index >= 15 is 4.39 Å². The van der Waals surface area contributed by atoms with Crippen LogP contribution in [0.15, 0.2) is 30.3 Å². The molecule has 0 atom stereocenters. The van der Waals surface area contributed by atoms with Gasteiger partial charge in [-0.3, -0.25) is 0 Å². The van der Waals surface area contributed by atoms with Crippen molar-refractivity contribution in [3.63, 3.8) is 0 Å². The third-order valence-electron chi connectivity index (χ3n) is 8.46. The highest BCUT2D eigenvalue weighted by molar-refractivity contribution is 5.84. The summed E-state index contributed by atoms with van der Waals surface area (Å²) in [5.41, 5.74) is 2.33. The zero-order valence-corrected chi connectivity index (χ0v) is 19.3. The van der Waals surface area contributed by atoms with Gasteiger partial charge in [-0.25, -0.2) is 4.39 Å². The molecular weight excluding hydrogens is 367 g/mol. The van der Waals surface area contributed by atoms with Crippen molar-refractivity contribution in [2.24, 2.45) is 17.8 Å². The Morgan fingerprint density at radius 3 is 2.17 bits per heavy atom. The minimum atomic E-state index is 0.0551. The molecule has 2 aromatic rings. The standard InChI is InChI=1S/C29H41F/c1-3-5-6-7-22-10-18-28-26(20-22)17-19-27(29(28)30)25-15-13-24(14-16-25)23-11-8-21(4-2)9-12-23/h10,17-21,23-25H,3-9,11-16H2,1-2H3. The van der Waals surface area contributed by atoms with Crippen LogP contribution in [0.1, 0.15) is 108 Å². The fourth-order valence-electron chi connectivity index (χ4n) is 6.38. The van der Waals surface area contributed by atoms with E-state index in [0.29, 0.717) is 5.92 Å². The van der Waals surface area contributed by atoms with E-state index in [9.17, 15) is 0 Å². The molecule has 2 aromatic carbocycles. The van der Waals surface area contributed by atoms with Crippen molar-refractivity contribution in [3.05, 3.63) is 47.3 Å². The molecule has 0 heterocycles. The molecule has 0 bridgehead atoms. The normalized spacial score (nSPS) is 27.4. The van der Waals surface area contributed by atoms with Gasteiger partial charge in [-0.05, 0) is 91.6 Å². The molecule has 2 fully saturated rings. The Bertz CT molecular complexity index is 806. The van der Waals surface area contributed by atoms with Gasteiger partial charge in [0.15, 0.2) is 0 Å². The number of halogens is 1. The summed E-state index contributed by atoms with van der Waals surface area (Å²) in [4.78, 5) is 0. The Morgan fingerprint density at radius 2 is 1.50 bits per heavy atom. The summed E-state index contributed by atoms with van der Waals surface area (Å²) >= 11 is 0. The minimum absolute atomic E-state index is 0.0551. The number of hydrogen-bond acceptors (Lipinski definition) is 0. The van der Waals surface area contributed by atoms with Gasteiger partial charge >= 0.3 is 0 Å². The van der Waals surface area contributed by atoms with Crippen LogP contribution in [-0.4, -0.2) is 0 Å². The molecule has 0 unspecified atom stereocenters. The fourth-order valence-corrected chi connectivity index (χ4v) is 6.38. The fraction of sp³-hybridized carbons (Fsp3) is 0.655. The molecule has 30 heavy (non-hydrogen) atoms. The van der Waals surface area contributed by atoms with Crippen LogP contribution < -0.4 is 0 Å². The van der Waals surface area contributed by atoms with E-state index in [1.165, 1.54) is 82.6 Å². The van der Waals surface area contributed by atoms with Crippen molar-refractivity contribution in [2.75, 3.05) is 0 Å². The molecule has 2 saturated carbocycles. The van der Waals surface area contributed by atoms with Crippen LogP contribution in [0.25, 0.3) is 10.8 Å². The topological polar surface area (TPSA) is 0 Å². The number of hydrogen-bond donors (Lipinski definition) is 0. The maximum Gasteiger partial charge on any atom is 0.134 e. The van der Waals surface area contributed by atoms with E-state index in [1.54, 1.807) is 0 Å². The van der Waals surface area contributed by atoms with Crippen LogP contribution in [0, 0.1) is 23.6 Å². The zero-order chi connectivity index (χ0) is 20.9. The number of unbranched alkanes of at least 4 members (excludes halogenated alkanes) is 2. The van der Waals surface area contributed by atoms with Gasteiger partial charge in [0.2, 0.25) is 0 Å². The molecule has 0 amide bonds. The molecule has 0 saturated heterocycles. The number of rotatable bonds is 7. The van der Waals surface area contributed by atoms with E-state index in [2.05, 4.69) is 38.1 Å². The summed E-state index contributed by atoms with van der Waals surface area (Å²) in [5.74, 6) is 3.30. The van der Waals surface area contributed by atoms with Gasteiger partial charge in [-0.15, -0.1) is 0 Å². The molecule has 0 radical (unpaired) electrons. The zero-order valence-electron chi connectivity index (χ0n) is 19.3. The summed E-state index contributed by atoms with van der Waals surface area (Å²) in [5, 5.41) is 1.90. The van der Waals surface area contributed by atoms with Crippen LogP contribution in [0.2, 0.25) is 0 Å². The third kappa shape index (κ3) is 4.92. The highest BCUT2D eigenvalue weighted by atomic mass is 19.1. The average Bonchev–Trinajstić information content (AvgIpc) is 2.80. The predicted octanol–water partition coefficient (Wildman–Crippen LogP) is 9.20. The van der Waals surface area contributed by atoms with Gasteiger partial charge < -0.3 is 0 Å². The predicted molar refractivity (Wildman–Crippen MR) is 128 cm³/mol. The Kier molecular flexibility index (Phi) is 7.50. The average molecular weight is 409 g/mol. The Hall–Kier alpha value is -1.37. The van der Waals surface area contributed by atoms with Crippen LogP contribution in [0.5, 0.6) is 0 Å². The molecule has 0 N–H and O–H groups in total. The lowest BCUT2D eigenvalue weighted by Gasteiger charge is -2.38. The molecule has 0 aromatic heterocycles. The van der Waals surface area contributed by atoms with Gasteiger partial charge in [-0.1, -0.05) is 76.3 Å².